The molecule has 0 radical (unpaired) electrons. The Morgan fingerprint density at radius 2 is 1.82 bits per heavy atom. The fourth-order valence-electron chi connectivity index (χ4n) is 1.74. The molecule has 2 aromatic rings. The van der Waals surface area contributed by atoms with E-state index in [4.69, 9.17) is 35.4 Å². The van der Waals surface area contributed by atoms with E-state index in [1.54, 1.807) is 30.3 Å². The van der Waals surface area contributed by atoms with Gasteiger partial charge in [-0.25, -0.2) is 0 Å². The number of rotatable bonds is 4. The molecule has 0 saturated carbocycles. The van der Waals surface area contributed by atoms with Crippen LogP contribution in [-0.4, -0.2) is 10.0 Å². The van der Waals surface area contributed by atoms with E-state index in [0.717, 1.165) is 5.56 Å². The number of hydrogen-bond acceptors (Lipinski definition) is 3. The molecular weight excluding hydrogens is 345 g/mol. The molecule has 2 rings (SSSR count). The minimum Gasteiger partial charge on any atom is -0.358 e. The minimum atomic E-state index is -0.467. The number of benzene rings is 2. The molecule has 5 nitrogen and oxygen atoms in total. The number of nitro benzene ring substituents is 1. The fourth-order valence-corrected chi connectivity index (χ4v) is 2.46. The third kappa shape index (κ3) is 4.30. The first-order valence-electron chi connectivity index (χ1n) is 6.19. The van der Waals surface area contributed by atoms with Gasteiger partial charge in [-0.05, 0) is 30.4 Å². The summed E-state index contributed by atoms with van der Waals surface area (Å²) in [5.74, 6) is 0. The van der Waals surface area contributed by atoms with E-state index in [1.165, 1.54) is 12.1 Å². The van der Waals surface area contributed by atoms with Crippen molar-refractivity contribution in [2.75, 3.05) is 5.32 Å². The van der Waals surface area contributed by atoms with E-state index in [1.807, 2.05) is 0 Å². The lowest BCUT2D eigenvalue weighted by atomic mass is 10.2. The third-order valence-electron chi connectivity index (χ3n) is 2.80. The van der Waals surface area contributed by atoms with Crippen LogP contribution in [0.2, 0.25) is 10.0 Å². The Kier molecular flexibility index (Phi) is 5.54. The van der Waals surface area contributed by atoms with Crippen LogP contribution in [0, 0.1) is 10.1 Å². The van der Waals surface area contributed by atoms with E-state index >= 15 is 0 Å². The van der Waals surface area contributed by atoms with E-state index in [-0.39, 0.29) is 5.69 Å². The molecule has 0 spiro atoms. The fraction of sp³-hybridized carbons (Fsp3) is 0.0714. The smallest absolute Gasteiger partial charge is 0.271 e. The van der Waals surface area contributed by atoms with Gasteiger partial charge >= 0.3 is 0 Å². The van der Waals surface area contributed by atoms with Crippen LogP contribution >= 0.6 is 35.4 Å². The van der Waals surface area contributed by atoms with Crippen molar-refractivity contribution in [3.63, 3.8) is 0 Å². The number of hydrogen-bond donors (Lipinski definition) is 2. The maximum absolute atomic E-state index is 10.7. The summed E-state index contributed by atoms with van der Waals surface area (Å²) in [6, 6.07) is 11.3. The molecule has 0 amide bonds. The van der Waals surface area contributed by atoms with Crippen LogP contribution in [0.15, 0.2) is 42.5 Å². The van der Waals surface area contributed by atoms with E-state index in [9.17, 15) is 10.1 Å². The summed E-state index contributed by atoms with van der Waals surface area (Å²) in [6.45, 7) is 0.346. The third-order valence-corrected chi connectivity index (χ3v) is 3.76. The van der Waals surface area contributed by atoms with Gasteiger partial charge in [-0.2, -0.15) is 0 Å². The first kappa shape index (κ1) is 16.5. The topological polar surface area (TPSA) is 67.2 Å². The maximum atomic E-state index is 10.7. The molecular formula is C14H11Cl2N3O2S. The lowest BCUT2D eigenvalue weighted by Crippen LogP contribution is -2.28. The van der Waals surface area contributed by atoms with E-state index < -0.39 is 4.92 Å². The van der Waals surface area contributed by atoms with Crippen molar-refractivity contribution in [3.05, 3.63) is 68.2 Å². The van der Waals surface area contributed by atoms with Gasteiger partial charge in [0, 0.05) is 40.0 Å². The van der Waals surface area contributed by atoms with Crippen molar-refractivity contribution >= 4 is 51.9 Å². The van der Waals surface area contributed by atoms with Crippen molar-refractivity contribution < 1.29 is 4.92 Å². The van der Waals surface area contributed by atoms with Gasteiger partial charge in [0.15, 0.2) is 5.11 Å². The van der Waals surface area contributed by atoms with Crippen LogP contribution in [0.25, 0.3) is 0 Å². The molecule has 0 aliphatic carbocycles. The first-order chi connectivity index (χ1) is 10.5. The highest BCUT2D eigenvalue weighted by Gasteiger charge is 2.08. The summed E-state index contributed by atoms with van der Waals surface area (Å²) >= 11 is 17.3. The Morgan fingerprint density at radius 3 is 2.45 bits per heavy atom. The Labute approximate surface area is 142 Å². The summed E-state index contributed by atoms with van der Waals surface area (Å²) in [6.07, 6.45) is 0. The zero-order chi connectivity index (χ0) is 16.1. The van der Waals surface area contributed by atoms with Crippen LogP contribution in [-0.2, 0) is 6.54 Å². The number of nitrogens with zero attached hydrogens (tertiary/aromatic N) is 1. The van der Waals surface area contributed by atoms with Gasteiger partial charge in [0.25, 0.3) is 5.69 Å². The predicted octanol–water partition coefficient (Wildman–Crippen LogP) is 4.39. The molecule has 0 fully saturated rings. The number of anilines is 1. The molecule has 114 valence electrons. The quantitative estimate of drug-likeness (QED) is 0.483. The molecule has 0 aromatic heterocycles. The molecule has 0 aliphatic rings. The Hall–Kier alpha value is -1.89. The Balaban J connectivity index is 1.99. The standard InChI is InChI=1S/C14H11Cl2N3O2S/c15-12-5-2-6-13(16)11(12)8-17-14(22)18-9-3-1-4-10(7-9)19(20)21/h1-7H,8H2,(H2,17,18,22). The summed E-state index contributed by atoms with van der Waals surface area (Å²) in [7, 11) is 0. The minimum absolute atomic E-state index is 0.0121. The van der Waals surface area contributed by atoms with Gasteiger partial charge < -0.3 is 10.6 Å². The maximum Gasteiger partial charge on any atom is 0.271 e. The highest BCUT2D eigenvalue weighted by atomic mass is 35.5. The SMILES string of the molecule is O=[N+]([O-])c1cccc(NC(=S)NCc2c(Cl)cccc2Cl)c1. The van der Waals surface area contributed by atoms with Crippen LogP contribution in [0.3, 0.4) is 0 Å². The van der Waals surface area contributed by atoms with Crippen LogP contribution in [0.5, 0.6) is 0 Å². The average Bonchev–Trinajstić information content (AvgIpc) is 2.47. The van der Waals surface area contributed by atoms with Crippen molar-refractivity contribution in [1.82, 2.24) is 5.32 Å². The molecule has 0 unspecified atom stereocenters. The van der Waals surface area contributed by atoms with Crippen LogP contribution in [0.1, 0.15) is 5.56 Å². The van der Waals surface area contributed by atoms with E-state index in [0.29, 0.717) is 27.4 Å². The zero-order valence-corrected chi connectivity index (χ0v) is 13.5. The summed E-state index contributed by atoms with van der Waals surface area (Å²) < 4.78 is 0. The summed E-state index contributed by atoms with van der Waals surface area (Å²) in [4.78, 5) is 10.3. The lowest BCUT2D eigenvalue weighted by molar-refractivity contribution is -0.384. The molecule has 0 saturated heterocycles. The highest BCUT2D eigenvalue weighted by molar-refractivity contribution is 7.80. The molecule has 8 heteroatoms. The second-order valence-corrected chi connectivity index (χ2v) is 5.54. The molecule has 2 N–H and O–H groups in total. The van der Waals surface area contributed by atoms with Gasteiger partial charge in [0.05, 0.1) is 4.92 Å². The van der Waals surface area contributed by atoms with E-state index in [2.05, 4.69) is 10.6 Å². The largest absolute Gasteiger partial charge is 0.358 e. The monoisotopic (exact) mass is 355 g/mol. The molecule has 0 bridgehead atoms. The van der Waals surface area contributed by atoms with Crippen molar-refractivity contribution in [1.29, 1.82) is 0 Å². The molecule has 22 heavy (non-hydrogen) atoms. The van der Waals surface area contributed by atoms with Gasteiger partial charge in [-0.15, -0.1) is 0 Å². The van der Waals surface area contributed by atoms with Crippen LogP contribution < -0.4 is 10.6 Å². The molecule has 0 aliphatic heterocycles. The first-order valence-corrected chi connectivity index (χ1v) is 7.36. The number of thiocarbonyl (C=S) groups is 1. The van der Waals surface area contributed by atoms with Crippen molar-refractivity contribution in [2.24, 2.45) is 0 Å². The van der Waals surface area contributed by atoms with Gasteiger partial charge in [0.2, 0.25) is 0 Å². The van der Waals surface area contributed by atoms with Crippen molar-refractivity contribution in [2.45, 2.75) is 6.54 Å². The number of nitro groups is 1. The van der Waals surface area contributed by atoms with Crippen LogP contribution in [0.4, 0.5) is 11.4 Å². The lowest BCUT2D eigenvalue weighted by Gasteiger charge is -2.12. The van der Waals surface area contributed by atoms with Crippen molar-refractivity contribution in [3.8, 4) is 0 Å². The summed E-state index contributed by atoms with van der Waals surface area (Å²) in [5, 5.41) is 18.0. The number of non-ortho nitro benzene ring substituents is 1. The molecule has 0 heterocycles. The predicted molar refractivity (Wildman–Crippen MR) is 92.6 cm³/mol. The van der Waals surface area contributed by atoms with Gasteiger partial charge in [-0.3, -0.25) is 10.1 Å². The second-order valence-electron chi connectivity index (χ2n) is 4.32. The second kappa shape index (κ2) is 7.40. The molecule has 2 aromatic carbocycles. The zero-order valence-electron chi connectivity index (χ0n) is 11.2. The molecule has 0 atom stereocenters. The highest BCUT2D eigenvalue weighted by Crippen LogP contribution is 2.24. The Morgan fingerprint density at radius 1 is 1.18 bits per heavy atom. The average molecular weight is 356 g/mol. The number of halogens is 2. The summed E-state index contributed by atoms with van der Waals surface area (Å²) in [5.41, 5.74) is 1.24. The van der Waals surface area contributed by atoms with Gasteiger partial charge in [-0.1, -0.05) is 35.3 Å². The van der Waals surface area contributed by atoms with Gasteiger partial charge in [0.1, 0.15) is 0 Å². The number of nitrogens with one attached hydrogen (secondary N) is 2. The Bertz CT molecular complexity index is 705. The normalized spacial score (nSPS) is 10.1.